The Morgan fingerprint density at radius 1 is 1.64 bits per heavy atom. The first-order chi connectivity index (χ1) is 6.59. The van der Waals surface area contributed by atoms with Gasteiger partial charge in [0.05, 0.1) is 17.3 Å². The standard InChI is InChI=1S/C9H7BrN2O2/c1-12-4-6(9(13)14)5-2-8(10)11-3-7(5)12/h2-4H,1H3,(H,13,14). The van der Waals surface area contributed by atoms with Gasteiger partial charge in [-0.25, -0.2) is 9.78 Å². The highest BCUT2D eigenvalue weighted by molar-refractivity contribution is 9.10. The van der Waals surface area contributed by atoms with Crippen molar-refractivity contribution < 1.29 is 9.90 Å². The van der Waals surface area contributed by atoms with E-state index in [2.05, 4.69) is 20.9 Å². The van der Waals surface area contributed by atoms with E-state index in [9.17, 15) is 4.79 Å². The number of hydrogen-bond acceptors (Lipinski definition) is 2. The van der Waals surface area contributed by atoms with E-state index in [0.717, 1.165) is 5.52 Å². The second-order valence-electron chi connectivity index (χ2n) is 2.98. The summed E-state index contributed by atoms with van der Waals surface area (Å²) in [6.07, 6.45) is 3.23. The van der Waals surface area contributed by atoms with Crippen LogP contribution in [0.4, 0.5) is 0 Å². The molecule has 2 heterocycles. The molecule has 0 aliphatic rings. The van der Waals surface area contributed by atoms with Crippen molar-refractivity contribution >= 4 is 32.8 Å². The molecule has 4 nitrogen and oxygen atoms in total. The van der Waals surface area contributed by atoms with Crippen LogP contribution in [0.15, 0.2) is 23.1 Å². The molecule has 0 aromatic carbocycles. The Morgan fingerprint density at radius 2 is 2.36 bits per heavy atom. The molecule has 0 fully saturated rings. The fraction of sp³-hybridized carbons (Fsp3) is 0.111. The largest absolute Gasteiger partial charge is 0.478 e. The molecule has 2 aromatic heterocycles. The molecule has 0 spiro atoms. The van der Waals surface area contributed by atoms with Gasteiger partial charge in [0.2, 0.25) is 0 Å². The monoisotopic (exact) mass is 254 g/mol. The van der Waals surface area contributed by atoms with Crippen molar-refractivity contribution in [1.82, 2.24) is 9.55 Å². The number of fused-ring (bicyclic) bond motifs is 1. The van der Waals surface area contributed by atoms with Crippen LogP contribution in [0.3, 0.4) is 0 Å². The summed E-state index contributed by atoms with van der Waals surface area (Å²) >= 11 is 3.21. The van der Waals surface area contributed by atoms with Crippen molar-refractivity contribution in [3.63, 3.8) is 0 Å². The molecular weight excluding hydrogens is 248 g/mol. The molecule has 0 unspecified atom stereocenters. The summed E-state index contributed by atoms with van der Waals surface area (Å²) in [5.41, 5.74) is 1.11. The van der Waals surface area contributed by atoms with Gasteiger partial charge in [-0.15, -0.1) is 0 Å². The SMILES string of the molecule is Cn1cc(C(=O)O)c2cc(Br)ncc21. The maximum Gasteiger partial charge on any atom is 0.337 e. The first-order valence-electron chi connectivity index (χ1n) is 3.93. The van der Waals surface area contributed by atoms with Crippen LogP contribution in [0.25, 0.3) is 10.9 Å². The zero-order valence-corrected chi connectivity index (χ0v) is 8.95. The van der Waals surface area contributed by atoms with Gasteiger partial charge in [-0.1, -0.05) is 0 Å². The third kappa shape index (κ3) is 1.29. The molecule has 0 radical (unpaired) electrons. The van der Waals surface area contributed by atoms with E-state index in [4.69, 9.17) is 5.11 Å². The minimum absolute atomic E-state index is 0.297. The minimum atomic E-state index is -0.922. The number of carboxylic acids is 1. The van der Waals surface area contributed by atoms with E-state index < -0.39 is 5.97 Å². The zero-order valence-electron chi connectivity index (χ0n) is 7.36. The van der Waals surface area contributed by atoms with Crippen molar-refractivity contribution in [3.8, 4) is 0 Å². The van der Waals surface area contributed by atoms with Crippen LogP contribution in [0.2, 0.25) is 0 Å². The van der Waals surface area contributed by atoms with Crippen molar-refractivity contribution in [1.29, 1.82) is 0 Å². The Hall–Kier alpha value is -1.36. The first-order valence-corrected chi connectivity index (χ1v) is 4.73. The highest BCUT2D eigenvalue weighted by Crippen LogP contribution is 2.22. The molecule has 0 amide bonds. The third-order valence-electron chi connectivity index (χ3n) is 2.07. The maximum absolute atomic E-state index is 10.9. The molecule has 0 bridgehead atoms. The molecule has 0 atom stereocenters. The van der Waals surface area contributed by atoms with E-state index in [-0.39, 0.29) is 0 Å². The number of halogens is 1. The molecule has 0 aliphatic heterocycles. The van der Waals surface area contributed by atoms with Gasteiger partial charge in [-0.05, 0) is 22.0 Å². The van der Waals surface area contributed by atoms with Crippen LogP contribution < -0.4 is 0 Å². The Balaban J connectivity index is 2.85. The number of aromatic carboxylic acids is 1. The van der Waals surface area contributed by atoms with Crippen LogP contribution in [0.5, 0.6) is 0 Å². The summed E-state index contributed by atoms with van der Waals surface area (Å²) in [4.78, 5) is 14.9. The minimum Gasteiger partial charge on any atom is -0.478 e. The van der Waals surface area contributed by atoms with Crippen LogP contribution in [-0.2, 0) is 7.05 Å². The predicted octanol–water partition coefficient (Wildman–Crippen LogP) is 2.03. The predicted molar refractivity (Wildman–Crippen MR) is 55.4 cm³/mol. The molecule has 72 valence electrons. The number of nitrogens with zero attached hydrogens (tertiary/aromatic N) is 2. The normalized spacial score (nSPS) is 10.7. The lowest BCUT2D eigenvalue weighted by Gasteiger charge is -1.94. The summed E-state index contributed by atoms with van der Waals surface area (Å²) in [5, 5.41) is 9.63. The number of aryl methyl sites for hydroxylation is 1. The fourth-order valence-electron chi connectivity index (χ4n) is 1.42. The summed E-state index contributed by atoms with van der Waals surface area (Å²) in [7, 11) is 1.80. The lowest BCUT2D eigenvalue weighted by Crippen LogP contribution is -1.93. The highest BCUT2D eigenvalue weighted by Gasteiger charge is 2.12. The van der Waals surface area contributed by atoms with Crippen molar-refractivity contribution in [2.45, 2.75) is 0 Å². The van der Waals surface area contributed by atoms with E-state index in [1.807, 2.05) is 0 Å². The van der Waals surface area contributed by atoms with Gasteiger partial charge in [0.1, 0.15) is 4.60 Å². The molecule has 5 heteroatoms. The van der Waals surface area contributed by atoms with Gasteiger partial charge >= 0.3 is 5.97 Å². The molecule has 0 saturated carbocycles. The summed E-state index contributed by atoms with van der Waals surface area (Å²) in [6, 6.07) is 1.71. The van der Waals surface area contributed by atoms with Crippen LogP contribution in [-0.4, -0.2) is 20.6 Å². The number of hydrogen-bond donors (Lipinski definition) is 1. The van der Waals surface area contributed by atoms with E-state index in [1.165, 1.54) is 0 Å². The number of aromatic nitrogens is 2. The van der Waals surface area contributed by atoms with Crippen molar-refractivity contribution in [2.24, 2.45) is 7.05 Å². The molecule has 1 N–H and O–H groups in total. The second-order valence-corrected chi connectivity index (χ2v) is 3.80. The van der Waals surface area contributed by atoms with Gasteiger partial charge in [0.25, 0.3) is 0 Å². The number of rotatable bonds is 1. The fourth-order valence-corrected chi connectivity index (χ4v) is 1.75. The molecule has 2 rings (SSSR count). The summed E-state index contributed by atoms with van der Waals surface area (Å²) < 4.78 is 2.39. The summed E-state index contributed by atoms with van der Waals surface area (Å²) in [6.45, 7) is 0. The first kappa shape index (κ1) is 9.21. The van der Waals surface area contributed by atoms with Crippen LogP contribution in [0.1, 0.15) is 10.4 Å². The van der Waals surface area contributed by atoms with Gasteiger partial charge in [-0.2, -0.15) is 0 Å². The van der Waals surface area contributed by atoms with Gasteiger partial charge in [0.15, 0.2) is 0 Å². The van der Waals surface area contributed by atoms with Crippen LogP contribution >= 0.6 is 15.9 Å². The third-order valence-corrected chi connectivity index (χ3v) is 2.51. The molecule has 0 saturated heterocycles. The summed E-state index contributed by atoms with van der Waals surface area (Å²) in [5.74, 6) is -0.922. The van der Waals surface area contributed by atoms with E-state index in [0.29, 0.717) is 15.6 Å². The average Bonchev–Trinajstić information content (AvgIpc) is 2.43. The topological polar surface area (TPSA) is 55.1 Å². The van der Waals surface area contributed by atoms with Gasteiger partial charge < -0.3 is 9.67 Å². The molecule has 2 aromatic rings. The number of carbonyl (C=O) groups is 1. The maximum atomic E-state index is 10.9. The number of carboxylic acid groups (broad SMARTS) is 1. The Bertz CT molecular complexity index is 519. The van der Waals surface area contributed by atoms with Gasteiger partial charge in [-0.3, -0.25) is 0 Å². The lowest BCUT2D eigenvalue weighted by atomic mass is 10.2. The Morgan fingerprint density at radius 3 is 3.00 bits per heavy atom. The van der Waals surface area contributed by atoms with E-state index in [1.54, 1.807) is 30.1 Å². The number of pyridine rings is 1. The van der Waals surface area contributed by atoms with E-state index >= 15 is 0 Å². The Labute approximate surface area is 88.3 Å². The van der Waals surface area contributed by atoms with Gasteiger partial charge in [0, 0.05) is 18.6 Å². The van der Waals surface area contributed by atoms with Crippen molar-refractivity contribution in [2.75, 3.05) is 0 Å². The van der Waals surface area contributed by atoms with Crippen LogP contribution in [0, 0.1) is 0 Å². The smallest absolute Gasteiger partial charge is 0.337 e. The highest BCUT2D eigenvalue weighted by atomic mass is 79.9. The quantitative estimate of drug-likeness (QED) is 0.793. The lowest BCUT2D eigenvalue weighted by molar-refractivity contribution is 0.0699. The molecular formula is C9H7BrN2O2. The molecule has 0 aliphatic carbocycles. The average molecular weight is 255 g/mol. The van der Waals surface area contributed by atoms with Crippen molar-refractivity contribution in [3.05, 3.63) is 28.6 Å². The zero-order chi connectivity index (χ0) is 10.3. The Kier molecular flexibility index (Phi) is 2.03. The second kappa shape index (κ2) is 3.09. The molecule has 14 heavy (non-hydrogen) atoms.